The number of hydrogen-bond donors (Lipinski definition) is 2. The van der Waals surface area contributed by atoms with Crippen LogP contribution in [0.2, 0.25) is 0 Å². The third-order valence-corrected chi connectivity index (χ3v) is 5.05. The molecule has 1 aromatic heterocycles. The summed E-state index contributed by atoms with van der Waals surface area (Å²) in [7, 11) is 0. The van der Waals surface area contributed by atoms with Crippen LogP contribution in [0.25, 0.3) is 5.69 Å². The standard InChI is InChI=1S/C19H18N6O4S/c1-12-6-3-4-9-16(12)24-13(2)20-23-19(24)30-11-17(26)21-22-18(27)14-7-5-8-15(10-14)25(28)29/h3-10H,11H2,1-2H3,(H,21,26)(H,22,27). The number of hydrazine groups is 1. The number of nitro groups is 1. The molecular weight excluding hydrogens is 408 g/mol. The fourth-order valence-electron chi connectivity index (χ4n) is 2.65. The summed E-state index contributed by atoms with van der Waals surface area (Å²) in [6.45, 7) is 3.79. The first-order chi connectivity index (χ1) is 14.4. The predicted octanol–water partition coefficient (Wildman–Crippen LogP) is 2.35. The Balaban J connectivity index is 1.60. The number of carbonyl (C=O) groups is 2. The van der Waals surface area contributed by atoms with Gasteiger partial charge in [-0.3, -0.25) is 35.1 Å². The summed E-state index contributed by atoms with van der Waals surface area (Å²) in [4.78, 5) is 34.4. The SMILES string of the molecule is Cc1ccccc1-n1c(C)nnc1SCC(=O)NNC(=O)c1cccc([N+](=O)[O-])c1. The third kappa shape index (κ3) is 4.81. The second-order valence-electron chi connectivity index (χ2n) is 6.25. The largest absolute Gasteiger partial charge is 0.274 e. The van der Waals surface area contributed by atoms with Crippen molar-refractivity contribution in [1.82, 2.24) is 25.6 Å². The normalized spacial score (nSPS) is 10.5. The van der Waals surface area contributed by atoms with Gasteiger partial charge in [0.05, 0.1) is 16.4 Å². The number of aromatic nitrogens is 3. The van der Waals surface area contributed by atoms with Gasteiger partial charge in [0.1, 0.15) is 5.82 Å². The van der Waals surface area contributed by atoms with Gasteiger partial charge in [0.25, 0.3) is 11.6 Å². The van der Waals surface area contributed by atoms with Crippen LogP contribution in [-0.2, 0) is 4.79 Å². The lowest BCUT2D eigenvalue weighted by Crippen LogP contribution is -2.42. The molecule has 0 aliphatic carbocycles. The molecule has 2 aromatic carbocycles. The van der Waals surface area contributed by atoms with Crippen molar-refractivity contribution in [2.24, 2.45) is 0 Å². The summed E-state index contributed by atoms with van der Waals surface area (Å²) in [6, 6.07) is 13.0. The van der Waals surface area contributed by atoms with E-state index in [0.29, 0.717) is 11.0 Å². The molecule has 0 saturated heterocycles. The summed E-state index contributed by atoms with van der Waals surface area (Å²) >= 11 is 1.17. The number of amides is 2. The van der Waals surface area contributed by atoms with Crippen molar-refractivity contribution < 1.29 is 14.5 Å². The Morgan fingerprint density at radius 3 is 2.60 bits per heavy atom. The third-order valence-electron chi connectivity index (χ3n) is 4.12. The molecule has 0 unspecified atom stereocenters. The lowest BCUT2D eigenvalue weighted by molar-refractivity contribution is -0.384. The van der Waals surface area contributed by atoms with Crippen molar-refractivity contribution in [3.8, 4) is 5.69 Å². The van der Waals surface area contributed by atoms with Gasteiger partial charge in [0, 0.05) is 17.7 Å². The van der Waals surface area contributed by atoms with Crippen LogP contribution in [-0.4, -0.2) is 37.3 Å². The molecule has 11 heteroatoms. The van der Waals surface area contributed by atoms with Crippen LogP contribution in [0, 0.1) is 24.0 Å². The van der Waals surface area contributed by atoms with Crippen LogP contribution in [0.5, 0.6) is 0 Å². The van der Waals surface area contributed by atoms with Gasteiger partial charge in [-0.15, -0.1) is 10.2 Å². The van der Waals surface area contributed by atoms with Gasteiger partial charge in [0.2, 0.25) is 5.91 Å². The van der Waals surface area contributed by atoms with E-state index in [1.807, 2.05) is 42.7 Å². The molecule has 0 atom stereocenters. The van der Waals surface area contributed by atoms with Crippen molar-refractivity contribution in [2.45, 2.75) is 19.0 Å². The fraction of sp³-hybridized carbons (Fsp3) is 0.158. The van der Waals surface area contributed by atoms with Gasteiger partial charge in [-0.1, -0.05) is 36.0 Å². The van der Waals surface area contributed by atoms with E-state index in [0.717, 1.165) is 17.3 Å². The summed E-state index contributed by atoms with van der Waals surface area (Å²) in [6.07, 6.45) is 0. The quantitative estimate of drug-likeness (QED) is 0.351. The van der Waals surface area contributed by atoms with Crippen LogP contribution in [0.3, 0.4) is 0 Å². The molecule has 0 saturated carbocycles. The topological polar surface area (TPSA) is 132 Å². The first-order valence-electron chi connectivity index (χ1n) is 8.81. The number of nitrogens with zero attached hydrogens (tertiary/aromatic N) is 4. The Morgan fingerprint density at radius 1 is 1.10 bits per heavy atom. The van der Waals surface area contributed by atoms with E-state index in [2.05, 4.69) is 21.0 Å². The van der Waals surface area contributed by atoms with E-state index in [9.17, 15) is 19.7 Å². The summed E-state index contributed by atoms with van der Waals surface area (Å²) < 4.78 is 1.86. The molecular formula is C19H18N6O4S. The van der Waals surface area contributed by atoms with E-state index in [1.54, 1.807) is 0 Å². The number of nitro benzene ring substituents is 1. The molecule has 30 heavy (non-hydrogen) atoms. The molecule has 1 heterocycles. The van der Waals surface area contributed by atoms with E-state index in [1.165, 1.54) is 30.0 Å². The van der Waals surface area contributed by atoms with Gasteiger partial charge in [0.15, 0.2) is 5.16 Å². The summed E-state index contributed by atoms with van der Waals surface area (Å²) in [5, 5.41) is 19.5. The highest BCUT2D eigenvalue weighted by Crippen LogP contribution is 2.23. The van der Waals surface area contributed by atoms with E-state index in [-0.39, 0.29) is 17.0 Å². The maximum atomic E-state index is 12.1. The number of non-ortho nitro benzene ring substituents is 1. The second-order valence-corrected chi connectivity index (χ2v) is 7.19. The number of thioether (sulfide) groups is 1. The minimum atomic E-state index is -0.657. The molecule has 154 valence electrons. The maximum absolute atomic E-state index is 12.1. The Labute approximate surface area is 175 Å². The first kappa shape index (κ1) is 21.0. The van der Waals surface area contributed by atoms with Crippen molar-refractivity contribution in [3.63, 3.8) is 0 Å². The van der Waals surface area contributed by atoms with Crippen molar-refractivity contribution in [2.75, 3.05) is 5.75 Å². The lowest BCUT2D eigenvalue weighted by atomic mass is 10.2. The lowest BCUT2D eigenvalue weighted by Gasteiger charge is -2.11. The highest BCUT2D eigenvalue weighted by atomic mass is 32.2. The minimum absolute atomic E-state index is 0.0147. The number of para-hydroxylation sites is 1. The first-order valence-corrected chi connectivity index (χ1v) is 9.80. The highest BCUT2D eigenvalue weighted by Gasteiger charge is 2.16. The molecule has 10 nitrogen and oxygen atoms in total. The van der Waals surface area contributed by atoms with E-state index >= 15 is 0 Å². The van der Waals surface area contributed by atoms with Gasteiger partial charge < -0.3 is 0 Å². The van der Waals surface area contributed by atoms with Crippen molar-refractivity contribution in [3.05, 3.63) is 75.6 Å². The Bertz CT molecular complexity index is 1110. The number of nitrogens with one attached hydrogen (secondary N) is 2. The molecule has 3 rings (SSSR count). The van der Waals surface area contributed by atoms with Crippen molar-refractivity contribution >= 4 is 29.3 Å². The maximum Gasteiger partial charge on any atom is 0.270 e. The number of aryl methyl sites for hydroxylation is 2. The minimum Gasteiger partial charge on any atom is -0.274 e. The zero-order chi connectivity index (χ0) is 21.7. The zero-order valence-corrected chi connectivity index (χ0v) is 17.0. The Morgan fingerprint density at radius 2 is 1.87 bits per heavy atom. The molecule has 2 amide bonds. The average molecular weight is 426 g/mol. The predicted molar refractivity (Wildman–Crippen MR) is 110 cm³/mol. The molecule has 0 aliphatic heterocycles. The molecule has 0 aliphatic rings. The number of hydrogen-bond acceptors (Lipinski definition) is 7. The second kappa shape index (κ2) is 9.18. The fourth-order valence-corrected chi connectivity index (χ4v) is 3.44. The average Bonchev–Trinajstić information content (AvgIpc) is 3.11. The molecule has 2 N–H and O–H groups in total. The van der Waals surface area contributed by atoms with E-state index < -0.39 is 16.7 Å². The van der Waals surface area contributed by atoms with Crippen LogP contribution in [0.15, 0.2) is 53.7 Å². The number of carbonyl (C=O) groups excluding carboxylic acids is 2. The van der Waals surface area contributed by atoms with Gasteiger partial charge in [-0.05, 0) is 31.5 Å². The number of rotatable bonds is 6. The van der Waals surface area contributed by atoms with Crippen LogP contribution >= 0.6 is 11.8 Å². The van der Waals surface area contributed by atoms with E-state index in [4.69, 9.17) is 0 Å². The summed E-state index contributed by atoms with van der Waals surface area (Å²) in [5.74, 6) is -0.447. The molecule has 0 bridgehead atoms. The Hall–Kier alpha value is -3.73. The highest BCUT2D eigenvalue weighted by molar-refractivity contribution is 7.99. The summed E-state index contributed by atoms with van der Waals surface area (Å²) in [5.41, 5.74) is 6.34. The molecule has 0 spiro atoms. The van der Waals surface area contributed by atoms with Gasteiger partial charge in [-0.2, -0.15) is 0 Å². The Kier molecular flexibility index (Phi) is 6.42. The molecule has 0 fully saturated rings. The van der Waals surface area contributed by atoms with Gasteiger partial charge in [-0.25, -0.2) is 0 Å². The number of benzene rings is 2. The van der Waals surface area contributed by atoms with Crippen molar-refractivity contribution in [1.29, 1.82) is 0 Å². The van der Waals surface area contributed by atoms with Crippen LogP contribution in [0.4, 0.5) is 5.69 Å². The van der Waals surface area contributed by atoms with Gasteiger partial charge >= 0.3 is 0 Å². The molecule has 3 aromatic rings. The van der Waals surface area contributed by atoms with Crippen LogP contribution in [0.1, 0.15) is 21.7 Å². The molecule has 0 radical (unpaired) electrons. The van der Waals surface area contributed by atoms with Crippen LogP contribution < -0.4 is 10.9 Å². The smallest absolute Gasteiger partial charge is 0.270 e. The zero-order valence-electron chi connectivity index (χ0n) is 16.2. The monoisotopic (exact) mass is 426 g/mol.